The molecule has 0 amide bonds. The van der Waals surface area contributed by atoms with Gasteiger partial charge in [-0.2, -0.15) is 0 Å². The van der Waals surface area contributed by atoms with Gasteiger partial charge >= 0.3 is 17.9 Å². The molecule has 0 radical (unpaired) electrons. The second kappa shape index (κ2) is 15.7. The summed E-state index contributed by atoms with van der Waals surface area (Å²) in [7, 11) is 0. The van der Waals surface area contributed by atoms with Gasteiger partial charge in [0.1, 0.15) is 35.6 Å². The van der Waals surface area contributed by atoms with E-state index in [1.807, 2.05) is 6.92 Å². The van der Waals surface area contributed by atoms with Gasteiger partial charge in [-0.25, -0.2) is 18.8 Å². The van der Waals surface area contributed by atoms with Gasteiger partial charge in [0.2, 0.25) is 0 Å². The summed E-state index contributed by atoms with van der Waals surface area (Å²) in [6.45, 7) is 18.9. The lowest BCUT2D eigenvalue weighted by atomic mass is 9.95. The smallest absolute Gasteiger partial charge is 0.338 e. The summed E-state index contributed by atoms with van der Waals surface area (Å²) in [6.07, 6.45) is 2.31. The van der Waals surface area contributed by atoms with E-state index in [-0.39, 0.29) is 28.0 Å². The zero-order valence-electron chi connectivity index (χ0n) is 26.3. The number of hydrogen-bond donors (Lipinski definition) is 0. The monoisotopic (exact) mass is 620 g/mol. The second-order valence-electron chi connectivity index (χ2n) is 10.3. The Bertz CT molecular complexity index is 1830. The molecule has 3 aromatic carbocycles. The van der Waals surface area contributed by atoms with E-state index in [2.05, 4.69) is 31.6 Å². The molecule has 0 spiro atoms. The SMILES string of the molecule is C=C(C)C(=O)O/C=C/Oc1ccc(C#Cc2cc(OC(=O)C(=C)C)c(/C(C)=C(\C)c3ccc(OC(=O)C(=C)C)cc3)cc2F)cc1. The fourth-order valence-corrected chi connectivity index (χ4v) is 3.65. The van der Waals surface area contributed by atoms with E-state index in [1.54, 1.807) is 62.4 Å². The quantitative estimate of drug-likeness (QED) is 0.0565. The molecule has 0 atom stereocenters. The largest absolute Gasteiger partial charge is 0.462 e. The molecule has 0 aliphatic heterocycles. The molecule has 0 aliphatic rings. The van der Waals surface area contributed by atoms with Crippen molar-refractivity contribution < 1.29 is 37.7 Å². The van der Waals surface area contributed by atoms with Crippen LogP contribution in [0.2, 0.25) is 0 Å². The predicted octanol–water partition coefficient (Wildman–Crippen LogP) is 8.11. The van der Waals surface area contributed by atoms with E-state index < -0.39 is 23.7 Å². The number of carbonyl (C=O) groups is 3. The Kier molecular flexibility index (Phi) is 11.8. The highest BCUT2D eigenvalue weighted by Crippen LogP contribution is 2.34. The number of halogens is 1. The number of esters is 3. The first-order valence-corrected chi connectivity index (χ1v) is 13.9. The topological polar surface area (TPSA) is 88.1 Å². The van der Waals surface area contributed by atoms with Crippen molar-refractivity contribution in [1.29, 1.82) is 0 Å². The Balaban J connectivity index is 1.90. The minimum Gasteiger partial charge on any atom is -0.462 e. The molecule has 8 heteroatoms. The van der Waals surface area contributed by atoms with Gasteiger partial charge in [-0.05, 0) is 93.8 Å². The zero-order chi connectivity index (χ0) is 34.0. The van der Waals surface area contributed by atoms with Crippen molar-refractivity contribution in [2.75, 3.05) is 0 Å². The third kappa shape index (κ3) is 9.53. The van der Waals surface area contributed by atoms with Crippen LogP contribution in [-0.4, -0.2) is 17.9 Å². The third-order valence-corrected chi connectivity index (χ3v) is 6.41. The number of benzene rings is 3. The highest BCUT2D eigenvalue weighted by Gasteiger charge is 2.17. The van der Waals surface area contributed by atoms with Gasteiger partial charge in [0.25, 0.3) is 0 Å². The number of hydrogen-bond acceptors (Lipinski definition) is 7. The van der Waals surface area contributed by atoms with Crippen molar-refractivity contribution in [2.24, 2.45) is 0 Å². The number of allylic oxidation sites excluding steroid dienone is 2. The highest BCUT2D eigenvalue weighted by molar-refractivity contribution is 5.94. The highest BCUT2D eigenvalue weighted by atomic mass is 19.1. The van der Waals surface area contributed by atoms with Gasteiger partial charge < -0.3 is 18.9 Å². The summed E-state index contributed by atoms with van der Waals surface area (Å²) in [4.78, 5) is 35.7. The lowest BCUT2D eigenvalue weighted by Gasteiger charge is -2.15. The summed E-state index contributed by atoms with van der Waals surface area (Å²) in [5.41, 5.74) is 3.86. The maximum Gasteiger partial charge on any atom is 0.338 e. The molecular weight excluding hydrogens is 587 g/mol. The molecule has 46 heavy (non-hydrogen) atoms. The first-order valence-electron chi connectivity index (χ1n) is 13.9. The average molecular weight is 621 g/mol. The van der Waals surface area contributed by atoms with Crippen LogP contribution in [0.3, 0.4) is 0 Å². The van der Waals surface area contributed by atoms with E-state index in [0.29, 0.717) is 28.2 Å². The van der Waals surface area contributed by atoms with Crippen molar-refractivity contribution >= 4 is 29.1 Å². The molecule has 3 aromatic rings. The molecular formula is C38H33FO7. The Labute approximate surface area is 267 Å². The first kappa shape index (κ1) is 34.5. The van der Waals surface area contributed by atoms with Crippen molar-refractivity contribution in [3.63, 3.8) is 0 Å². The van der Waals surface area contributed by atoms with Crippen LogP contribution in [0.5, 0.6) is 17.2 Å². The molecule has 0 aliphatic carbocycles. The second-order valence-corrected chi connectivity index (χ2v) is 10.3. The van der Waals surface area contributed by atoms with Gasteiger partial charge in [0.05, 0.1) is 5.56 Å². The van der Waals surface area contributed by atoms with Crippen LogP contribution in [-0.2, 0) is 19.1 Å². The Morgan fingerprint density at radius 3 is 1.83 bits per heavy atom. The normalized spacial score (nSPS) is 11.0. The van der Waals surface area contributed by atoms with Gasteiger partial charge in [-0.3, -0.25) is 0 Å². The number of rotatable bonds is 10. The molecule has 0 aromatic heterocycles. The Morgan fingerprint density at radius 1 is 0.674 bits per heavy atom. The zero-order valence-corrected chi connectivity index (χ0v) is 26.3. The Morgan fingerprint density at radius 2 is 1.24 bits per heavy atom. The van der Waals surface area contributed by atoms with Crippen LogP contribution in [0, 0.1) is 17.7 Å². The predicted molar refractivity (Wildman–Crippen MR) is 175 cm³/mol. The minimum atomic E-state index is -0.667. The van der Waals surface area contributed by atoms with Crippen molar-refractivity contribution in [2.45, 2.75) is 34.6 Å². The van der Waals surface area contributed by atoms with Crippen LogP contribution in [0.25, 0.3) is 11.1 Å². The average Bonchev–Trinajstić information content (AvgIpc) is 3.02. The van der Waals surface area contributed by atoms with Crippen LogP contribution in [0.15, 0.2) is 110 Å². The number of carbonyl (C=O) groups excluding carboxylic acids is 3. The van der Waals surface area contributed by atoms with Crippen molar-refractivity contribution in [3.8, 4) is 29.1 Å². The fraction of sp³-hybridized carbons (Fsp3) is 0.132. The standard InChI is InChI=1S/C38H33FO7/c1-23(2)36(40)44-20-19-43-31-15-10-28(11-16-31)9-12-30-21-35(46-38(42)25(5)6)33(22-34(30)39)27(8)26(7)29-13-17-32(18-14-29)45-37(41)24(3)4/h10-11,13-22H,1,3,5H2,2,4,6-8H3/b20-19+,27-26+. The molecule has 0 saturated heterocycles. The van der Waals surface area contributed by atoms with Crippen LogP contribution in [0.4, 0.5) is 4.39 Å². The van der Waals surface area contributed by atoms with E-state index in [1.165, 1.54) is 32.2 Å². The molecule has 3 rings (SSSR count). The van der Waals surface area contributed by atoms with Crippen molar-refractivity contribution in [1.82, 2.24) is 0 Å². The first-order chi connectivity index (χ1) is 21.8. The number of ether oxygens (including phenoxy) is 4. The van der Waals surface area contributed by atoms with Gasteiger partial charge in [-0.1, -0.05) is 43.7 Å². The third-order valence-electron chi connectivity index (χ3n) is 6.41. The summed E-state index contributed by atoms with van der Waals surface area (Å²) in [5.74, 6) is 4.25. The summed E-state index contributed by atoms with van der Waals surface area (Å²) < 4.78 is 36.5. The van der Waals surface area contributed by atoms with E-state index in [0.717, 1.165) is 17.4 Å². The molecule has 0 bridgehead atoms. The van der Waals surface area contributed by atoms with Crippen LogP contribution < -0.4 is 14.2 Å². The molecule has 0 unspecified atom stereocenters. The fourth-order valence-electron chi connectivity index (χ4n) is 3.65. The molecule has 7 nitrogen and oxygen atoms in total. The summed E-state index contributed by atoms with van der Waals surface area (Å²) in [5, 5.41) is 0. The maximum atomic E-state index is 15.4. The molecule has 0 N–H and O–H groups in total. The molecule has 234 valence electrons. The van der Waals surface area contributed by atoms with E-state index in [4.69, 9.17) is 18.9 Å². The maximum absolute atomic E-state index is 15.4. The lowest BCUT2D eigenvalue weighted by Crippen LogP contribution is -2.10. The molecule has 0 fully saturated rings. The van der Waals surface area contributed by atoms with E-state index >= 15 is 4.39 Å². The summed E-state index contributed by atoms with van der Waals surface area (Å²) in [6, 6.07) is 16.1. The Hall–Kier alpha value is -5.94. The van der Waals surface area contributed by atoms with Gasteiger partial charge in [-0.15, -0.1) is 0 Å². The molecule has 0 heterocycles. The summed E-state index contributed by atoms with van der Waals surface area (Å²) >= 11 is 0. The van der Waals surface area contributed by atoms with Crippen LogP contribution in [0.1, 0.15) is 56.9 Å². The molecule has 0 saturated carbocycles. The van der Waals surface area contributed by atoms with Crippen LogP contribution >= 0.6 is 0 Å². The van der Waals surface area contributed by atoms with E-state index in [9.17, 15) is 14.4 Å². The minimum absolute atomic E-state index is 0.0185. The van der Waals surface area contributed by atoms with Gasteiger partial charge in [0, 0.05) is 33.9 Å². The van der Waals surface area contributed by atoms with Crippen molar-refractivity contribution in [3.05, 3.63) is 138 Å². The lowest BCUT2D eigenvalue weighted by molar-refractivity contribution is -0.133. The van der Waals surface area contributed by atoms with Gasteiger partial charge in [0.15, 0.2) is 0 Å².